The summed E-state index contributed by atoms with van der Waals surface area (Å²) in [6.07, 6.45) is 6.93. The maximum Gasteiger partial charge on any atom is 0.159 e. The number of ketones is 1. The number of carbonyl (C=O) groups excluding carboxylic acids is 1. The maximum absolute atomic E-state index is 11.9. The molecule has 1 heterocycles. The molecule has 0 bridgehead atoms. The van der Waals surface area contributed by atoms with Crippen molar-refractivity contribution in [2.45, 2.75) is 60.8 Å². The number of allylic oxidation sites excluding steroid dienone is 1. The summed E-state index contributed by atoms with van der Waals surface area (Å²) in [6, 6.07) is 7.96. The number of pyridine rings is 1. The lowest BCUT2D eigenvalue weighted by atomic mass is 9.99. The maximum atomic E-state index is 11.9. The van der Waals surface area contributed by atoms with Gasteiger partial charge in [-0.1, -0.05) is 26.3 Å². The Labute approximate surface area is 163 Å². The van der Waals surface area contributed by atoms with E-state index >= 15 is 0 Å². The quantitative estimate of drug-likeness (QED) is 0.428. The molecule has 1 aromatic carbocycles. The molecule has 0 aliphatic rings. The van der Waals surface area contributed by atoms with Crippen LogP contribution in [0.1, 0.15) is 73.8 Å². The Hall–Kier alpha value is -2.55. The SMILES string of the molecule is CCCc1ncccc1/C=C(C)/C(C)=N/c1cc(C(C)=O)cc(CC)c1C. The first-order valence-electron chi connectivity index (χ1n) is 9.69. The number of benzene rings is 1. The van der Waals surface area contributed by atoms with Gasteiger partial charge in [-0.3, -0.25) is 14.8 Å². The minimum atomic E-state index is 0.0747. The molecule has 0 saturated carbocycles. The standard InChI is InChI=1S/C24H30N2O/c1-7-10-23-21(11-9-12-25-23)13-16(3)18(5)26-24-15-22(19(6)27)14-20(8-2)17(24)4/h9,11-15H,7-8,10H2,1-6H3/b16-13+,26-18+. The number of carbonyl (C=O) groups is 1. The molecule has 142 valence electrons. The lowest BCUT2D eigenvalue weighted by molar-refractivity contribution is 0.101. The van der Waals surface area contributed by atoms with E-state index in [2.05, 4.69) is 44.8 Å². The van der Waals surface area contributed by atoms with Crippen LogP contribution in [0.25, 0.3) is 6.08 Å². The first kappa shape index (κ1) is 20.8. The fourth-order valence-corrected chi connectivity index (χ4v) is 3.08. The summed E-state index contributed by atoms with van der Waals surface area (Å²) >= 11 is 0. The van der Waals surface area contributed by atoms with Gasteiger partial charge in [0.2, 0.25) is 0 Å². The molecule has 3 heteroatoms. The Bertz CT molecular complexity index is 891. The van der Waals surface area contributed by atoms with Crippen molar-refractivity contribution >= 4 is 23.3 Å². The van der Waals surface area contributed by atoms with Crippen molar-refractivity contribution in [1.29, 1.82) is 0 Å². The number of aryl methyl sites for hydroxylation is 2. The van der Waals surface area contributed by atoms with Gasteiger partial charge in [-0.15, -0.1) is 0 Å². The predicted molar refractivity (Wildman–Crippen MR) is 115 cm³/mol. The fourth-order valence-electron chi connectivity index (χ4n) is 3.08. The van der Waals surface area contributed by atoms with Crippen molar-refractivity contribution in [2.75, 3.05) is 0 Å². The second kappa shape index (κ2) is 9.40. The van der Waals surface area contributed by atoms with Crippen LogP contribution in [-0.4, -0.2) is 16.5 Å². The Morgan fingerprint density at radius 1 is 1.19 bits per heavy atom. The number of hydrogen-bond donors (Lipinski definition) is 0. The van der Waals surface area contributed by atoms with Crippen LogP contribution in [-0.2, 0) is 12.8 Å². The average Bonchev–Trinajstić information content (AvgIpc) is 2.64. The summed E-state index contributed by atoms with van der Waals surface area (Å²) in [5.74, 6) is 0.0747. The third kappa shape index (κ3) is 5.22. The Morgan fingerprint density at radius 2 is 1.93 bits per heavy atom. The van der Waals surface area contributed by atoms with Gasteiger partial charge < -0.3 is 0 Å². The Morgan fingerprint density at radius 3 is 2.56 bits per heavy atom. The lowest BCUT2D eigenvalue weighted by Gasteiger charge is -2.11. The first-order chi connectivity index (χ1) is 12.9. The second-order valence-electron chi connectivity index (χ2n) is 7.00. The van der Waals surface area contributed by atoms with Gasteiger partial charge in [0.15, 0.2) is 5.78 Å². The molecule has 0 atom stereocenters. The topological polar surface area (TPSA) is 42.3 Å². The van der Waals surface area contributed by atoms with E-state index in [4.69, 9.17) is 4.99 Å². The van der Waals surface area contributed by atoms with E-state index in [-0.39, 0.29) is 5.78 Å². The molecule has 2 rings (SSSR count). The number of Topliss-reactive ketones (excluding diaryl/α,β-unsaturated/α-hetero) is 1. The lowest BCUT2D eigenvalue weighted by Crippen LogP contribution is -1.99. The van der Waals surface area contributed by atoms with Gasteiger partial charge in [-0.25, -0.2) is 0 Å². The van der Waals surface area contributed by atoms with E-state index in [1.807, 2.05) is 31.3 Å². The minimum Gasteiger partial charge on any atom is -0.295 e. The van der Waals surface area contributed by atoms with Crippen LogP contribution >= 0.6 is 0 Å². The Balaban J connectivity index is 2.45. The van der Waals surface area contributed by atoms with Crippen LogP contribution in [0.2, 0.25) is 0 Å². The van der Waals surface area contributed by atoms with Gasteiger partial charge >= 0.3 is 0 Å². The molecule has 27 heavy (non-hydrogen) atoms. The summed E-state index contributed by atoms with van der Waals surface area (Å²) in [7, 11) is 0. The summed E-state index contributed by atoms with van der Waals surface area (Å²) in [4.78, 5) is 21.2. The summed E-state index contributed by atoms with van der Waals surface area (Å²) in [5.41, 5.74) is 8.24. The highest BCUT2D eigenvalue weighted by molar-refractivity contribution is 6.03. The normalized spacial score (nSPS) is 12.4. The van der Waals surface area contributed by atoms with Crippen LogP contribution in [0.15, 0.2) is 41.0 Å². The van der Waals surface area contributed by atoms with Crippen molar-refractivity contribution in [3.63, 3.8) is 0 Å². The zero-order valence-electron chi connectivity index (χ0n) is 17.4. The molecule has 0 N–H and O–H groups in total. The van der Waals surface area contributed by atoms with E-state index in [1.54, 1.807) is 6.92 Å². The molecule has 0 aliphatic carbocycles. The zero-order valence-corrected chi connectivity index (χ0v) is 17.4. The van der Waals surface area contributed by atoms with Crippen molar-refractivity contribution in [1.82, 2.24) is 4.98 Å². The largest absolute Gasteiger partial charge is 0.295 e. The van der Waals surface area contributed by atoms with Gasteiger partial charge in [0.05, 0.1) is 5.69 Å². The molecule has 0 amide bonds. The van der Waals surface area contributed by atoms with Crippen molar-refractivity contribution < 1.29 is 4.79 Å². The van der Waals surface area contributed by atoms with Gasteiger partial charge in [-0.05, 0) is 87.1 Å². The number of hydrogen-bond acceptors (Lipinski definition) is 3. The van der Waals surface area contributed by atoms with Crippen LogP contribution in [0.5, 0.6) is 0 Å². The molecule has 0 fully saturated rings. The van der Waals surface area contributed by atoms with E-state index in [1.165, 1.54) is 5.56 Å². The molecular formula is C24H30N2O. The molecule has 0 aliphatic heterocycles. The second-order valence-corrected chi connectivity index (χ2v) is 7.00. The Kier molecular flexibility index (Phi) is 7.23. The molecule has 3 nitrogen and oxygen atoms in total. The van der Waals surface area contributed by atoms with Crippen LogP contribution in [0.4, 0.5) is 5.69 Å². The monoisotopic (exact) mass is 362 g/mol. The van der Waals surface area contributed by atoms with Gasteiger partial charge in [-0.2, -0.15) is 0 Å². The summed E-state index contributed by atoms with van der Waals surface area (Å²) in [6.45, 7) is 12.1. The van der Waals surface area contributed by atoms with E-state index < -0.39 is 0 Å². The number of aliphatic imine (C=N–C) groups is 1. The summed E-state index contributed by atoms with van der Waals surface area (Å²) < 4.78 is 0. The number of rotatable bonds is 7. The third-order valence-electron chi connectivity index (χ3n) is 4.92. The van der Waals surface area contributed by atoms with Crippen molar-refractivity contribution in [3.8, 4) is 0 Å². The van der Waals surface area contributed by atoms with E-state index in [0.717, 1.165) is 58.6 Å². The molecular weight excluding hydrogens is 332 g/mol. The highest BCUT2D eigenvalue weighted by Gasteiger charge is 2.10. The van der Waals surface area contributed by atoms with Crippen molar-refractivity contribution in [2.24, 2.45) is 4.99 Å². The highest BCUT2D eigenvalue weighted by atomic mass is 16.1. The number of aromatic nitrogens is 1. The van der Waals surface area contributed by atoms with Crippen LogP contribution in [0, 0.1) is 6.92 Å². The van der Waals surface area contributed by atoms with Gasteiger partial charge in [0.1, 0.15) is 0 Å². The molecule has 0 saturated heterocycles. The smallest absolute Gasteiger partial charge is 0.159 e. The van der Waals surface area contributed by atoms with E-state index in [9.17, 15) is 4.79 Å². The zero-order chi connectivity index (χ0) is 20.0. The van der Waals surface area contributed by atoms with Crippen molar-refractivity contribution in [3.05, 3.63) is 64.0 Å². The van der Waals surface area contributed by atoms with Crippen LogP contribution in [0.3, 0.4) is 0 Å². The third-order valence-corrected chi connectivity index (χ3v) is 4.92. The number of nitrogens with zero attached hydrogens (tertiary/aromatic N) is 2. The molecule has 0 spiro atoms. The molecule has 0 unspecified atom stereocenters. The molecule has 1 aromatic heterocycles. The van der Waals surface area contributed by atoms with Gasteiger partial charge in [0.25, 0.3) is 0 Å². The summed E-state index contributed by atoms with van der Waals surface area (Å²) in [5, 5.41) is 0. The average molecular weight is 363 g/mol. The minimum absolute atomic E-state index is 0.0747. The molecule has 0 radical (unpaired) electrons. The van der Waals surface area contributed by atoms with E-state index in [0.29, 0.717) is 0 Å². The highest BCUT2D eigenvalue weighted by Crippen LogP contribution is 2.26. The molecule has 2 aromatic rings. The predicted octanol–water partition coefficient (Wildman–Crippen LogP) is 6.30. The first-order valence-corrected chi connectivity index (χ1v) is 9.69. The van der Waals surface area contributed by atoms with Gasteiger partial charge in [0, 0.05) is 23.2 Å². The fraction of sp³-hybridized carbons (Fsp3) is 0.375. The van der Waals surface area contributed by atoms with Crippen LogP contribution < -0.4 is 0 Å².